The number of nitrogens with one attached hydrogen (secondary N) is 2. The maximum absolute atomic E-state index is 13.4. The molecule has 2 amide bonds. The molecule has 0 spiro atoms. The highest BCUT2D eigenvalue weighted by Gasteiger charge is 2.17. The Morgan fingerprint density at radius 3 is 2.19 bits per heavy atom. The molecule has 0 radical (unpaired) electrons. The lowest BCUT2D eigenvalue weighted by molar-refractivity contribution is -0.113. The van der Waals surface area contributed by atoms with Crippen molar-refractivity contribution in [3.63, 3.8) is 0 Å². The van der Waals surface area contributed by atoms with Gasteiger partial charge >= 0.3 is 0 Å². The van der Waals surface area contributed by atoms with Crippen LogP contribution >= 0.6 is 11.8 Å². The fraction of sp³-hybridized carbons (Fsp3) is 0.0571. The maximum Gasteiger partial charge on any atom is 0.272 e. The summed E-state index contributed by atoms with van der Waals surface area (Å²) in [6, 6.07) is 32.4. The van der Waals surface area contributed by atoms with E-state index in [9.17, 15) is 18.8 Å². The topological polar surface area (TPSA) is 88.4 Å². The molecule has 6 nitrogen and oxygen atoms in total. The quantitative estimate of drug-likeness (QED) is 0.0985. The SMILES string of the molecule is Cc1ccc(-c2ccc(/C=C(/NC(=O)c3ccccc3)C(=O)Nc3ccc(SCC(=O)c4ccc(F)cc4)cc3)o2)cc1. The van der Waals surface area contributed by atoms with Crippen LogP contribution in [0.1, 0.15) is 32.0 Å². The van der Waals surface area contributed by atoms with E-state index in [-0.39, 0.29) is 17.2 Å². The summed E-state index contributed by atoms with van der Waals surface area (Å²) in [5.74, 6) is -0.276. The lowest BCUT2D eigenvalue weighted by atomic mass is 10.1. The van der Waals surface area contributed by atoms with Crippen molar-refractivity contribution in [1.82, 2.24) is 5.32 Å². The standard InChI is InChI=1S/C35H27FN2O4S/c1-23-7-9-25(10-8-23)33-20-17-29(42-33)21-31(38-34(40)26-5-3-2-4-6-26)35(41)37-28-15-18-30(19-16-28)43-22-32(39)24-11-13-27(36)14-12-24/h2-21H,22H2,1H3,(H,37,41)(H,38,40)/b31-21+. The largest absolute Gasteiger partial charge is 0.457 e. The summed E-state index contributed by atoms with van der Waals surface area (Å²) in [6.45, 7) is 2.00. The number of furan rings is 1. The Labute approximate surface area is 252 Å². The molecule has 0 unspecified atom stereocenters. The molecule has 0 atom stereocenters. The van der Waals surface area contributed by atoms with Crippen LogP contribution in [-0.4, -0.2) is 23.4 Å². The summed E-state index contributed by atoms with van der Waals surface area (Å²) in [6.07, 6.45) is 1.49. The molecule has 4 aromatic carbocycles. The van der Waals surface area contributed by atoms with Crippen molar-refractivity contribution in [3.8, 4) is 11.3 Å². The molecular formula is C35H27FN2O4S. The molecular weight excluding hydrogens is 563 g/mol. The number of halogens is 1. The number of carbonyl (C=O) groups excluding carboxylic acids is 3. The Bertz CT molecular complexity index is 1760. The van der Waals surface area contributed by atoms with Crippen LogP contribution < -0.4 is 10.6 Å². The lowest BCUT2D eigenvalue weighted by Crippen LogP contribution is -2.30. The van der Waals surface area contributed by atoms with Gasteiger partial charge in [0, 0.05) is 33.3 Å². The molecule has 0 aliphatic heterocycles. The third kappa shape index (κ3) is 7.96. The minimum absolute atomic E-state index is 0.00186. The highest BCUT2D eigenvalue weighted by atomic mass is 32.2. The van der Waals surface area contributed by atoms with Gasteiger partial charge in [-0.05, 0) is 79.7 Å². The second-order valence-electron chi connectivity index (χ2n) is 9.64. The first-order chi connectivity index (χ1) is 20.8. The van der Waals surface area contributed by atoms with Crippen molar-refractivity contribution in [3.05, 3.63) is 149 Å². The Morgan fingerprint density at radius 2 is 1.49 bits per heavy atom. The fourth-order valence-electron chi connectivity index (χ4n) is 4.09. The number of amides is 2. The molecule has 1 heterocycles. The van der Waals surface area contributed by atoms with E-state index in [1.165, 1.54) is 42.1 Å². The van der Waals surface area contributed by atoms with Crippen LogP contribution in [-0.2, 0) is 4.79 Å². The highest BCUT2D eigenvalue weighted by molar-refractivity contribution is 8.00. The summed E-state index contributed by atoms with van der Waals surface area (Å²) >= 11 is 1.33. The van der Waals surface area contributed by atoms with Crippen LogP contribution in [0.15, 0.2) is 130 Å². The van der Waals surface area contributed by atoms with Gasteiger partial charge in [0.15, 0.2) is 5.78 Å². The minimum Gasteiger partial charge on any atom is -0.457 e. The number of carbonyl (C=O) groups is 3. The van der Waals surface area contributed by atoms with Gasteiger partial charge < -0.3 is 15.1 Å². The van der Waals surface area contributed by atoms with E-state index in [0.717, 1.165) is 16.0 Å². The Morgan fingerprint density at radius 1 is 0.791 bits per heavy atom. The van der Waals surface area contributed by atoms with Crippen LogP contribution in [0.2, 0.25) is 0 Å². The molecule has 0 saturated carbocycles. The average Bonchev–Trinajstić information content (AvgIpc) is 3.50. The second-order valence-corrected chi connectivity index (χ2v) is 10.7. The van der Waals surface area contributed by atoms with Crippen molar-refractivity contribution in [2.45, 2.75) is 11.8 Å². The highest BCUT2D eigenvalue weighted by Crippen LogP contribution is 2.25. The van der Waals surface area contributed by atoms with Gasteiger partial charge in [0.05, 0.1) is 5.75 Å². The number of anilines is 1. The van der Waals surface area contributed by atoms with E-state index in [2.05, 4.69) is 10.6 Å². The molecule has 2 N–H and O–H groups in total. The van der Waals surface area contributed by atoms with Gasteiger partial charge in [0.25, 0.3) is 11.8 Å². The summed E-state index contributed by atoms with van der Waals surface area (Å²) in [5.41, 5.74) is 3.36. The molecule has 214 valence electrons. The number of Topliss-reactive ketones (excluding diaryl/α,β-unsaturated/α-hetero) is 1. The summed E-state index contributed by atoms with van der Waals surface area (Å²) in [5, 5.41) is 5.52. The Balaban J connectivity index is 1.29. The molecule has 0 saturated heterocycles. The van der Waals surface area contributed by atoms with Crippen LogP contribution in [0.3, 0.4) is 0 Å². The first-order valence-corrected chi connectivity index (χ1v) is 14.4. The van der Waals surface area contributed by atoms with Crippen LogP contribution in [0.5, 0.6) is 0 Å². The third-order valence-electron chi connectivity index (χ3n) is 6.43. The van der Waals surface area contributed by atoms with Gasteiger partial charge in [-0.15, -0.1) is 11.8 Å². The number of rotatable bonds is 10. The van der Waals surface area contributed by atoms with Gasteiger partial charge in [-0.2, -0.15) is 0 Å². The van der Waals surface area contributed by atoms with Crippen LogP contribution in [0.4, 0.5) is 10.1 Å². The molecule has 43 heavy (non-hydrogen) atoms. The first-order valence-electron chi connectivity index (χ1n) is 13.4. The zero-order valence-electron chi connectivity index (χ0n) is 23.2. The smallest absolute Gasteiger partial charge is 0.272 e. The van der Waals surface area contributed by atoms with Crippen molar-refractivity contribution in [1.29, 1.82) is 0 Å². The van der Waals surface area contributed by atoms with Crippen LogP contribution in [0.25, 0.3) is 17.4 Å². The van der Waals surface area contributed by atoms with Crippen molar-refractivity contribution in [2.75, 3.05) is 11.1 Å². The lowest BCUT2D eigenvalue weighted by Gasteiger charge is -2.11. The minimum atomic E-state index is -0.538. The number of thioether (sulfide) groups is 1. The van der Waals surface area contributed by atoms with Crippen LogP contribution in [0, 0.1) is 12.7 Å². The zero-order valence-corrected chi connectivity index (χ0v) is 24.0. The van der Waals surface area contributed by atoms with Gasteiger partial charge in [-0.3, -0.25) is 14.4 Å². The van der Waals surface area contributed by atoms with Crippen molar-refractivity contribution in [2.24, 2.45) is 0 Å². The van der Waals surface area contributed by atoms with E-state index >= 15 is 0 Å². The molecule has 5 rings (SSSR count). The third-order valence-corrected chi connectivity index (χ3v) is 7.44. The number of hydrogen-bond acceptors (Lipinski definition) is 5. The fourth-order valence-corrected chi connectivity index (χ4v) is 4.88. The molecule has 0 fully saturated rings. The molecule has 8 heteroatoms. The first kappa shape index (κ1) is 29.3. The monoisotopic (exact) mass is 590 g/mol. The van der Waals surface area contributed by atoms with E-state index in [4.69, 9.17) is 4.42 Å². The summed E-state index contributed by atoms with van der Waals surface area (Å²) < 4.78 is 19.1. The van der Waals surface area contributed by atoms with Gasteiger partial charge in [-0.1, -0.05) is 48.0 Å². The summed E-state index contributed by atoms with van der Waals surface area (Å²) in [7, 11) is 0. The number of aryl methyl sites for hydroxylation is 1. The predicted molar refractivity (Wildman–Crippen MR) is 167 cm³/mol. The van der Waals surface area contributed by atoms with E-state index < -0.39 is 17.6 Å². The van der Waals surface area contributed by atoms with Crippen molar-refractivity contribution >= 4 is 41.1 Å². The molecule has 0 aliphatic rings. The molecule has 0 aliphatic carbocycles. The van der Waals surface area contributed by atoms with Gasteiger partial charge in [-0.25, -0.2) is 4.39 Å². The van der Waals surface area contributed by atoms with Crippen molar-refractivity contribution < 1.29 is 23.2 Å². The molecule has 1 aromatic heterocycles. The van der Waals surface area contributed by atoms with Gasteiger partial charge in [0.1, 0.15) is 23.0 Å². The number of benzene rings is 4. The van der Waals surface area contributed by atoms with E-state index in [1.54, 1.807) is 60.7 Å². The maximum atomic E-state index is 13.4. The Kier molecular flexibility index (Phi) is 9.29. The normalized spacial score (nSPS) is 11.2. The molecule has 5 aromatic rings. The van der Waals surface area contributed by atoms with E-state index in [1.807, 2.05) is 37.3 Å². The summed E-state index contributed by atoms with van der Waals surface area (Å²) in [4.78, 5) is 39.5. The number of hydrogen-bond donors (Lipinski definition) is 2. The number of ketones is 1. The zero-order chi connectivity index (χ0) is 30.2. The molecule has 0 bridgehead atoms. The van der Waals surface area contributed by atoms with E-state index in [0.29, 0.717) is 28.3 Å². The predicted octanol–water partition coefficient (Wildman–Crippen LogP) is 7.78. The van der Waals surface area contributed by atoms with Gasteiger partial charge in [0.2, 0.25) is 0 Å². The second kappa shape index (κ2) is 13.6. The average molecular weight is 591 g/mol. The Hall–Kier alpha value is -5.21.